The minimum Gasteiger partial charge on any atom is -0.480 e. The zero-order valence-electron chi connectivity index (χ0n) is 13.6. The SMILES string of the molecule is O=C(O)Cn1cc(CNC(=O)C2(c3ccc(Cl)cc3)CCCC2)nn1. The Morgan fingerprint density at radius 1 is 1.24 bits per heavy atom. The van der Waals surface area contributed by atoms with Crippen molar-refractivity contribution in [2.24, 2.45) is 0 Å². The predicted octanol–water partition coefficient (Wildman–Crippen LogP) is 2.14. The molecule has 3 rings (SSSR count). The fourth-order valence-corrected chi connectivity index (χ4v) is 3.50. The zero-order valence-corrected chi connectivity index (χ0v) is 14.4. The molecule has 0 saturated heterocycles. The molecule has 0 radical (unpaired) electrons. The highest BCUT2D eigenvalue weighted by Crippen LogP contribution is 2.41. The van der Waals surface area contributed by atoms with E-state index in [1.807, 2.05) is 24.3 Å². The lowest BCUT2D eigenvalue weighted by Crippen LogP contribution is -2.42. The van der Waals surface area contributed by atoms with Gasteiger partial charge < -0.3 is 10.4 Å². The maximum atomic E-state index is 12.9. The fourth-order valence-electron chi connectivity index (χ4n) is 3.37. The van der Waals surface area contributed by atoms with Crippen molar-refractivity contribution >= 4 is 23.5 Å². The quantitative estimate of drug-likeness (QED) is 0.820. The second-order valence-electron chi connectivity index (χ2n) is 6.28. The molecule has 0 atom stereocenters. The summed E-state index contributed by atoms with van der Waals surface area (Å²) in [4.78, 5) is 23.6. The number of halogens is 1. The average Bonchev–Trinajstić information content (AvgIpc) is 3.23. The first kappa shape index (κ1) is 17.4. The number of nitrogens with zero attached hydrogens (tertiary/aromatic N) is 3. The Bertz CT molecular complexity index is 766. The smallest absolute Gasteiger partial charge is 0.325 e. The number of amides is 1. The molecule has 0 aliphatic heterocycles. The summed E-state index contributed by atoms with van der Waals surface area (Å²) in [5, 5.41) is 20.0. The number of aliphatic carboxylic acids is 1. The van der Waals surface area contributed by atoms with Gasteiger partial charge in [0, 0.05) is 5.02 Å². The normalized spacial score (nSPS) is 15.9. The fraction of sp³-hybridized carbons (Fsp3) is 0.412. The minimum absolute atomic E-state index is 0.0416. The lowest BCUT2D eigenvalue weighted by atomic mass is 9.78. The number of carboxylic acid groups (broad SMARTS) is 1. The van der Waals surface area contributed by atoms with Gasteiger partial charge in [-0.1, -0.05) is 41.8 Å². The van der Waals surface area contributed by atoms with Gasteiger partial charge in [-0.3, -0.25) is 9.59 Å². The van der Waals surface area contributed by atoms with Gasteiger partial charge in [0.25, 0.3) is 0 Å². The number of hydrogen-bond donors (Lipinski definition) is 2. The molecule has 1 saturated carbocycles. The molecule has 7 nitrogen and oxygen atoms in total. The maximum absolute atomic E-state index is 12.9. The molecule has 1 aliphatic carbocycles. The highest BCUT2D eigenvalue weighted by Gasteiger charge is 2.42. The number of nitrogens with one attached hydrogen (secondary N) is 1. The lowest BCUT2D eigenvalue weighted by molar-refractivity contribution is -0.138. The third-order valence-corrected chi connectivity index (χ3v) is 4.85. The monoisotopic (exact) mass is 362 g/mol. The van der Waals surface area contributed by atoms with E-state index in [-0.39, 0.29) is 19.0 Å². The van der Waals surface area contributed by atoms with Crippen LogP contribution in [-0.2, 0) is 28.1 Å². The van der Waals surface area contributed by atoms with Crippen molar-refractivity contribution in [2.45, 2.75) is 44.2 Å². The Morgan fingerprint density at radius 2 is 1.92 bits per heavy atom. The van der Waals surface area contributed by atoms with Gasteiger partial charge in [-0.25, -0.2) is 4.68 Å². The first-order valence-corrected chi connectivity index (χ1v) is 8.52. The molecular formula is C17H19ClN4O3. The summed E-state index contributed by atoms with van der Waals surface area (Å²) in [5.41, 5.74) is 0.960. The summed E-state index contributed by atoms with van der Waals surface area (Å²) in [5.74, 6) is -1.03. The number of carbonyl (C=O) groups excluding carboxylic acids is 1. The summed E-state index contributed by atoms with van der Waals surface area (Å²) in [7, 11) is 0. The Labute approximate surface area is 150 Å². The molecule has 8 heteroatoms. The zero-order chi connectivity index (χ0) is 17.9. The summed E-state index contributed by atoms with van der Waals surface area (Å²) < 4.78 is 1.23. The summed E-state index contributed by atoms with van der Waals surface area (Å²) in [6.45, 7) is -0.0382. The Kier molecular flexibility index (Phi) is 5.03. The van der Waals surface area contributed by atoms with E-state index < -0.39 is 11.4 Å². The van der Waals surface area contributed by atoms with Gasteiger partial charge in [-0.2, -0.15) is 0 Å². The number of hydrogen-bond acceptors (Lipinski definition) is 4. The van der Waals surface area contributed by atoms with Crippen LogP contribution in [0.4, 0.5) is 0 Å². The van der Waals surface area contributed by atoms with Crippen molar-refractivity contribution in [2.75, 3.05) is 0 Å². The Hall–Kier alpha value is -2.41. The molecule has 2 N–H and O–H groups in total. The van der Waals surface area contributed by atoms with Gasteiger partial charge in [0.05, 0.1) is 18.2 Å². The number of carbonyl (C=O) groups is 2. The summed E-state index contributed by atoms with van der Waals surface area (Å²) >= 11 is 5.96. The van der Waals surface area contributed by atoms with E-state index in [9.17, 15) is 9.59 Å². The van der Waals surface area contributed by atoms with E-state index in [1.54, 1.807) is 0 Å². The van der Waals surface area contributed by atoms with Gasteiger partial charge in [-0.05, 0) is 30.5 Å². The number of aromatic nitrogens is 3. The topological polar surface area (TPSA) is 97.1 Å². The van der Waals surface area contributed by atoms with Crippen LogP contribution in [0.5, 0.6) is 0 Å². The first-order chi connectivity index (χ1) is 12.0. The highest BCUT2D eigenvalue weighted by atomic mass is 35.5. The van der Waals surface area contributed by atoms with Gasteiger partial charge in [0.15, 0.2) is 0 Å². The molecule has 0 bridgehead atoms. The molecule has 1 aromatic heterocycles. The molecule has 132 valence electrons. The largest absolute Gasteiger partial charge is 0.480 e. The van der Waals surface area contributed by atoms with Crippen LogP contribution in [0.2, 0.25) is 5.02 Å². The third-order valence-electron chi connectivity index (χ3n) is 4.60. The standard InChI is InChI=1S/C17H19ClN4O3/c18-13-5-3-12(4-6-13)17(7-1-2-8-17)16(25)19-9-14-10-22(21-20-14)11-15(23)24/h3-6,10H,1-2,7-9,11H2,(H,19,25)(H,23,24). The van der Waals surface area contributed by atoms with Gasteiger partial charge in [0.2, 0.25) is 5.91 Å². The molecule has 0 unspecified atom stereocenters. The number of rotatable bonds is 6. The van der Waals surface area contributed by atoms with E-state index in [0.29, 0.717) is 10.7 Å². The molecule has 2 aromatic rings. The van der Waals surface area contributed by atoms with Crippen LogP contribution in [0.15, 0.2) is 30.5 Å². The number of benzene rings is 1. The Morgan fingerprint density at radius 3 is 2.56 bits per heavy atom. The van der Waals surface area contributed by atoms with Crippen molar-refractivity contribution in [1.29, 1.82) is 0 Å². The first-order valence-electron chi connectivity index (χ1n) is 8.15. The van der Waals surface area contributed by atoms with E-state index in [2.05, 4.69) is 15.6 Å². The van der Waals surface area contributed by atoms with Crippen LogP contribution in [0, 0.1) is 0 Å². The maximum Gasteiger partial charge on any atom is 0.325 e. The second kappa shape index (κ2) is 7.23. The molecule has 1 aromatic carbocycles. The summed E-state index contributed by atoms with van der Waals surface area (Å²) in [6, 6.07) is 7.44. The van der Waals surface area contributed by atoms with E-state index in [1.165, 1.54) is 10.9 Å². The van der Waals surface area contributed by atoms with E-state index >= 15 is 0 Å². The second-order valence-corrected chi connectivity index (χ2v) is 6.72. The van der Waals surface area contributed by atoms with Crippen molar-refractivity contribution in [3.05, 3.63) is 46.7 Å². The highest BCUT2D eigenvalue weighted by molar-refractivity contribution is 6.30. The van der Waals surface area contributed by atoms with Gasteiger partial charge in [0.1, 0.15) is 12.2 Å². The summed E-state index contributed by atoms with van der Waals surface area (Å²) in [6.07, 6.45) is 5.13. The number of carboxylic acids is 1. The van der Waals surface area contributed by atoms with E-state index in [0.717, 1.165) is 31.2 Å². The van der Waals surface area contributed by atoms with E-state index in [4.69, 9.17) is 16.7 Å². The van der Waals surface area contributed by atoms with Gasteiger partial charge >= 0.3 is 5.97 Å². The average molecular weight is 363 g/mol. The molecule has 1 heterocycles. The molecular weight excluding hydrogens is 344 g/mol. The predicted molar refractivity (Wildman–Crippen MR) is 91.1 cm³/mol. The lowest BCUT2D eigenvalue weighted by Gasteiger charge is -2.28. The minimum atomic E-state index is -0.992. The Balaban J connectivity index is 1.70. The van der Waals surface area contributed by atoms with Crippen LogP contribution < -0.4 is 5.32 Å². The van der Waals surface area contributed by atoms with Crippen molar-refractivity contribution < 1.29 is 14.7 Å². The van der Waals surface area contributed by atoms with Gasteiger partial charge in [-0.15, -0.1) is 5.10 Å². The third kappa shape index (κ3) is 3.82. The molecule has 1 amide bonds. The van der Waals surface area contributed by atoms with Crippen molar-refractivity contribution in [3.63, 3.8) is 0 Å². The van der Waals surface area contributed by atoms with Crippen molar-refractivity contribution in [3.8, 4) is 0 Å². The van der Waals surface area contributed by atoms with Crippen molar-refractivity contribution in [1.82, 2.24) is 20.3 Å². The molecule has 1 aliphatic rings. The molecule has 1 fully saturated rings. The van der Waals surface area contributed by atoms with Crippen LogP contribution in [-0.4, -0.2) is 32.0 Å². The van der Waals surface area contributed by atoms with Crippen LogP contribution in [0.3, 0.4) is 0 Å². The van der Waals surface area contributed by atoms with Crippen LogP contribution in [0.1, 0.15) is 36.9 Å². The molecule has 0 spiro atoms. The van der Waals surface area contributed by atoms with Crippen LogP contribution in [0.25, 0.3) is 0 Å². The molecule has 25 heavy (non-hydrogen) atoms. The van der Waals surface area contributed by atoms with Crippen LogP contribution >= 0.6 is 11.6 Å².